The van der Waals surface area contributed by atoms with Crippen molar-refractivity contribution in [2.45, 2.75) is 29.1 Å². The van der Waals surface area contributed by atoms with Gasteiger partial charge in [-0.2, -0.15) is 0 Å². The van der Waals surface area contributed by atoms with Crippen LogP contribution in [0.15, 0.2) is 0 Å². The molecule has 2 fully saturated rings. The summed E-state index contributed by atoms with van der Waals surface area (Å²) in [6.07, 6.45) is 5.83. The first kappa shape index (κ1) is 7.35. The summed E-state index contributed by atoms with van der Waals surface area (Å²) in [5.74, 6) is 1.04. The van der Waals surface area contributed by atoms with Crippen LogP contribution in [-0.4, -0.2) is 16.5 Å². The highest BCUT2D eigenvalue weighted by molar-refractivity contribution is 14.1. The Kier molecular flexibility index (Phi) is 1.93. The summed E-state index contributed by atoms with van der Waals surface area (Å²) < 4.78 is 0.649. The lowest BCUT2D eigenvalue weighted by molar-refractivity contribution is 0.344. The van der Waals surface area contributed by atoms with Crippen molar-refractivity contribution >= 4 is 22.6 Å². The predicted octanol–water partition coefficient (Wildman–Crippen LogP) is 1.95. The van der Waals surface area contributed by atoms with E-state index in [0.29, 0.717) is 3.42 Å². The minimum atomic E-state index is 0.649. The molecule has 0 aromatic heterocycles. The normalized spacial score (nSPS) is 47.1. The third-order valence-corrected chi connectivity index (χ3v) is 4.77. The van der Waals surface area contributed by atoms with E-state index in [4.69, 9.17) is 0 Å². The summed E-state index contributed by atoms with van der Waals surface area (Å²) >= 11 is 2.68. The molecule has 1 saturated carbocycles. The van der Waals surface area contributed by atoms with Gasteiger partial charge in [0.2, 0.25) is 0 Å². The quantitative estimate of drug-likeness (QED) is 0.512. The largest absolute Gasteiger partial charge is 0.315 e. The van der Waals surface area contributed by atoms with Gasteiger partial charge in [-0.25, -0.2) is 0 Å². The first-order valence-corrected chi connectivity index (χ1v) is 5.29. The molecule has 58 valence electrons. The predicted molar refractivity (Wildman–Crippen MR) is 51.6 cm³/mol. The van der Waals surface area contributed by atoms with Crippen LogP contribution in [0.1, 0.15) is 25.7 Å². The van der Waals surface area contributed by atoms with Gasteiger partial charge in [0.15, 0.2) is 0 Å². The van der Waals surface area contributed by atoms with Crippen LogP contribution in [0.4, 0.5) is 0 Å². The lowest BCUT2D eigenvalue weighted by Gasteiger charge is -2.34. The first-order valence-electron chi connectivity index (χ1n) is 4.21. The molecule has 2 heteroatoms. The second-order valence-electron chi connectivity index (χ2n) is 3.59. The molecule has 1 N–H and O–H groups in total. The minimum Gasteiger partial charge on any atom is -0.315 e. The zero-order valence-electron chi connectivity index (χ0n) is 6.20. The maximum Gasteiger partial charge on any atom is 0.0375 e. The summed E-state index contributed by atoms with van der Waals surface area (Å²) in [5, 5.41) is 3.49. The molecule has 0 bridgehead atoms. The van der Waals surface area contributed by atoms with Crippen LogP contribution in [-0.2, 0) is 0 Å². The Bertz CT molecular complexity index is 137. The molecule has 2 atom stereocenters. The van der Waals surface area contributed by atoms with Crippen LogP contribution in [0, 0.1) is 5.92 Å². The van der Waals surface area contributed by atoms with Gasteiger partial charge in [-0.15, -0.1) is 0 Å². The molecule has 0 amide bonds. The van der Waals surface area contributed by atoms with E-state index in [1.54, 1.807) is 0 Å². The molecule has 0 spiro atoms. The fraction of sp³-hybridized carbons (Fsp3) is 1.00. The molecule has 0 aromatic carbocycles. The zero-order valence-corrected chi connectivity index (χ0v) is 8.36. The van der Waals surface area contributed by atoms with Crippen molar-refractivity contribution in [1.82, 2.24) is 5.32 Å². The third kappa shape index (κ3) is 1.09. The summed E-state index contributed by atoms with van der Waals surface area (Å²) in [6, 6.07) is 0. The Morgan fingerprint density at radius 2 is 2.30 bits per heavy atom. The van der Waals surface area contributed by atoms with Gasteiger partial charge in [0.25, 0.3) is 0 Å². The van der Waals surface area contributed by atoms with Crippen LogP contribution in [0.3, 0.4) is 0 Å². The molecule has 1 aliphatic carbocycles. The van der Waals surface area contributed by atoms with Gasteiger partial charge in [-0.05, 0) is 31.7 Å². The lowest BCUT2D eigenvalue weighted by Crippen LogP contribution is -2.44. The molecule has 1 aliphatic heterocycles. The Labute approximate surface area is 76.1 Å². The highest BCUT2D eigenvalue weighted by Gasteiger charge is 2.41. The van der Waals surface area contributed by atoms with Gasteiger partial charge >= 0.3 is 0 Å². The molecule has 1 nitrogen and oxygen atoms in total. The van der Waals surface area contributed by atoms with Crippen LogP contribution >= 0.6 is 22.6 Å². The number of nitrogens with one attached hydrogen (secondary N) is 1. The Hall–Kier alpha value is 0.690. The second-order valence-corrected chi connectivity index (χ2v) is 5.74. The highest BCUT2D eigenvalue weighted by Crippen LogP contribution is 2.45. The Balaban J connectivity index is 2.10. The highest BCUT2D eigenvalue weighted by atomic mass is 127. The molecule has 0 aromatic rings. The first-order chi connectivity index (χ1) is 4.81. The Morgan fingerprint density at radius 3 is 3.10 bits per heavy atom. The van der Waals surface area contributed by atoms with Gasteiger partial charge in [-0.3, -0.25) is 0 Å². The number of alkyl halides is 1. The van der Waals surface area contributed by atoms with Crippen molar-refractivity contribution in [3.8, 4) is 0 Å². The van der Waals surface area contributed by atoms with E-state index in [0.717, 1.165) is 5.92 Å². The summed E-state index contributed by atoms with van der Waals surface area (Å²) in [4.78, 5) is 0. The summed E-state index contributed by atoms with van der Waals surface area (Å²) in [6.45, 7) is 2.52. The molecule has 10 heavy (non-hydrogen) atoms. The summed E-state index contributed by atoms with van der Waals surface area (Å²) in [5.41, 5.74) is 0. The second kappa shape index (κ2) is 2.63. The molecule has 2 aliphatic rings. The number of fused-ring (bicyclic) bond motifs is 1. The minimum absolute atomic E-state index is 0.649. The van der Waals surface area contributed by atoms with Crippen molar-refractivity contribution in [3.05, 3.63) is 0 Å². The zero-order chi connectivity index (χ0) is 7.03. The number of hydrogen-bond acceptors (Lipinski definition) is 1. The van der Waals surface area contributed by atoms with Gasteiger partial charge in [0.05, 0.1) is 0 Å². The number of rotatable bonds is 0. The molecule has 2 unspecified atom stereocenters. The van der Waals surface area contributed by atoms with E-state index in [-0.39, 0.29) is 0 Å². The fourth-order valence-electron chi connectivity index (χ4n) is 2.31. The lowest BCUT2D eigenvalue weighted by atomic mass is 9.90. The van der Waals surface area contributed by atoms with E-state index >= 15 is 0 Å². The van der Waals surface area contributed by atoms with Crippen LogP contribution < -0.4 is 5.32 Å². The van der Waals surface area contributed by atoms with Gasteiger partial charge in [0, 0.05) is 9.97 Å². The Morgan fingerprint density at radius 1 is 1.40 bits per heavy atom. The SMILES string of the molecule is IC12CCCC1CCNC2. The van der Waals surface area contributed by atoms with Crippen molar-refractivity contribution in [2.75, 3.05) is 13.1 Å². The number of hydrogen-bond donors (Lipinski definition) is 1. The number of halogens is 1. The molecule has 2 rings (SSSR count). The molecule has 1 saturated heterocycles. The number of piperidine rings is 1. The molecular formula is C8H14IN. The van der Waals surface area contributed by atoms with Crippen molar-refractivity contribution in [1.29, 1.82) is 0 Å². The van der Waals surface area contributed by atoms with E-state index in [2.05, 4.69) is 27.9 Å². The fourth-order valence-corrected chi connectivity index (χ4v) is 3.59. The van der Waals surface area contributed by atoms with Gasteiger partial charge < -0.3 is 5.32 Å². The average molecular weight is 251 g/mol. The molecule has 0 radical (unpaired) electrons. The van der Waals surface area contributed by atoms with E-state index in [1.165, 1.54) is 38.8 Å². The van der Waals surface area contributed by atoms with Crippen molar-refractivity contribution in [3.63, 3.8) is 0 Å². The maximum absolute atomic E-state index is 3.49. The van der Waals surface area contributed by atoms with Gasteiger partial charge in [0.1, 0.15) is 0 Å². The molecular weight excluding hydrogens is 237 g/mol. The van der Waals surface area contributed by atoms with Crippen LogP contribution in [0.25, 0.3) is 0 Å². The topological polar surface area (TPSA) is 12.0 Å². The third-order valence-electron chi connectivity index (χ3n) is 2.97. The molecule has 1 heterocycles. The van der Waals surface area contributed by atoms with Crippen LogP contribution in [0.2, 0.25) is 0 Å². The smallest absolute Gasteiger partial charge is 0.0375 e. The van der Waals surface area contributed by atoms with E-state index in [9.17, 15) is 0 Å². The van der Waals surface area contributed by atoms with Crippen molar-refractivity contribution in [2.24, 2.45) is 5.92 Å². The van der Waals surface area contributed by atoms with E-state index < -0.39 is 0 Å². The van der Waals surface area contributed by atoms with Gasteiger partial charge in [-0.1, -0.05) is 29.0 Å². The monoisotopic (exact) mass is 251 g/mol. The van der Waals surface area contributed by atoms with Crippen molar-refractivity contribution < 1.29 is 0 Å². The average Bonchev–Trinajstić information content (AvgIpc) is 2.29. The standard InChI is InChI=1S/C8H14IN/c9-8-4-1-2-7(8)3-5-10-6-8/h7,10H,1-6H2. The van der Waals surface area contributed by atoms with Crippen LogP contribution in [0.5, 0.6) is 0 Å². The summed E-state index contributed by atoms with van der Waals surface area (Å²) in [7, 11) is 0. The maximum atomic E-state index is 3.49. The van der Waals surface area contributed by atoms with E-state index in [1.807, 2.05) is 0 Å².